The van der Waals surface area contributed by atoms with Crippen LogP contribution in [0.25, 0.3) is 28.3 Å². The number of β-amino-alcohol motifs (C(OH)–C–C–N with tert-alkyl or cyclic N) is 1. The van der Waals surface area contributed by atoms with E-state index in [-0.39, 0.29) is 5.92 Å². The summed E-state index contributed by atoms with van der Waals surface area (Å²) in [5, 5.41) is 28.9. The van der Waals surface area contributed by atoms with Gasteiger partial charge in [-0.1, -0.05) is 12.1 Å². The van der Waals surface area contributed by atoms with Crippen LogP contribution in [0, 0.1) is 17.2 Å². The monoisotopic (exact) mass is 479 g/mol. The molecule has 0 spiro atoms. The van der Waals surface area contributed by atoms with Crippen molar-refractivity contribution in [3.63, 3.8) is 0 Å². The Bertz CT molecular complexity index is 1470. The minimum absolute atomic E-state index is 0.182. The number of aromatic nitrogens is 4. The summed E-state index contributed by atoms with van der Waals surface area (Å²) >= 11 is 0. The van der Waals surface area contributed by atoms with E-state index in [1.807, 2.05) is 31.2 Å². The van der Waals surface area contributed by atoms with E-state index in [9.17, 15) is 5.11 Å². The highest BCUT2D eigenvalue weighted by atomic mass is 16.3. The molecule has 0 amide bonds. The van der Waals surface area contributed by atoms with Crippen LogP contribution in [0.1, 0.15) is 18.1 Å². The lowest BCUT2D eigenvalue weighted by Gasteiger charge is -2.26. The maximum absolute atomic E-state index is 11.1. The van der Waals surface area contributed by atoms with Gasteiger partial charge < -0.3 is 19.5 Å². The molecule has 8 nitrogen and oxygen atoms in total. The second-order valence-electron chi connectivity index (χ2n) is 10.5. The molecule has 0 bridgehead atoms. The van der Waals surface area contributed by atoms with Crippen LogP contribution >= 0.6 is 0 Å². The molecule has 1 saturated heterocycles. The third-order valence-electron chi connectivity index (χ3n) is 7.47. The number of benzene rings is 2. The van der Waals surface area contributed by atoms with Gasteiger partial charge in [0, 0.05) is 49.5 Å². The summed E-state index contributed by atoms with van der Waals surface area (Å²) in [5.41, 5.74) is 6.40. The lowest BCUT2D eigenvalue weighted by Crippen LogP contribution is -2.39. The summed E-state index contributed by atoms with van der Waals surface area (Å²) in [6.45, 7) is 4.93. The lowest BCUT2D eigenvalue weighted by atomic mass is 9.93. The molecular formula is C28H29N7O. The Kier molecular flexibility index (Phi) is 5.21. The molecule has 6 rings (SSSR count). The minimum atomic E-state index is -0.734. The highest BCUT2D eigenvalue weighted by Crippen LogP contribution is 2.37. The van der Waals surface area contributed by atoms with Gasteiger partial charge >= 0.3 is 0 Å². The first-order valence-corrected chi connectivity index (χ1v) is 12.2. The van der Waals surface area contributed by atoms with E-state index in [0.717, 1.165) is 47.1 Å². The predicted octanol–water partition coefficient (Wildman–Crippen LogP) is 3.38. The number of fused-ring (bicyclic) bond motifs is 5. The molecule has 8 heteroatoms. The van der Waals surface area contributed by atoms with Crippen LogP contribution in [-0.4, -0.2) is 68.7 Å². The second-order valence-corrected chi connectivity index (χ2v) is 10.5. The van der Waals surface area contributed by atoms with E-state index >= 15 is 0 Å². The van der Waals surface area contributed by atoms with Gasteiger partial charge in [0.05, 0.1) is 28.6 Å². The van der Waals surface area contributed by atoms with Crippen molar-refractivity contribution in [2.75, 3.05) is 38.6 Å². The van der Waals surface area contributed by atoms with Gasteiger partial charge in [-0.05, 0) is 68.5 Å². The first kappa shape index (κ1) is 22.5. The third-order valence-corrected chi connectivity index (χ3v) is 7.47. The number of anilines is 1. The van der Waals surface area contributed by atoms with Gasteiger partial charge in [0.25, 0.3) is 0 Å². The van der Waals surface area contributed by atoms with E-state index in [4.69, 9.17) is 5.26 Å². The standard InChI is InChI=1S/C28H29N7O/c1-28(36)17-34(16-23(28)15-32(2)3)24-8-9-25-22(10-24)14-33-13-21(20-6-4-19(12-29)5-7-20)11-26(33)27-31-30-18-35(25)27/h4-11,13,18,23,36H,14-17H2,1-3H3/t23-,28-/m1/s1. The van der Waals surface area contributed by atoms with Crippen LogP contribution in [0.2, 0.25) is 0 Å². The molecule has 2 aromatic heterocycles. The van der Waals surface area contributed by atoms with Crippen LogP contribution in [0.15, 0.2) is 61.1 Å². The Morgan fingerprint density at radius 3 is 2.69 bits per heavy atom. The summed E-state index contributed by atoms with van der Waals surface area (Å²) in [4.78, 5) is 4.44. The zero-order valence-electron chi connectivity index (χ0n) is 20.8. The summed E-state index contributed by atoms with van der Waals surface area (Å²) < 4.78 is 4.27. The number of hydrogen-bond acceptors (Lipinski definition) is 6. The lowest BCUT2D eigenvalue weighted by molar-refractivity contribution is 0.0270. The maximum atomic E-state index is 11.1. The number of hydrogen-bond donors (Lipinski definition) is 1. The minimum Gasteiger partial charge on any atom is -0.388 e. The van der Waals surface area contributed by atoms with Crippen LogP contribution < -0.4 is 4.90 Å². The molecule has 2 aliphatic rings. The summed E-state index contributed by atoms with van der Waals surface area (Å²) in [5.74, 6) is 0.985. The van der Waals surface area contributed by atoms with Crippen LogP contribution in [0.5, 0.6) is 0 Å². The van der Waals surface area contributed by atoms with E-state index in [0.29, 0.717) is 18.7 Å². The maximum Gasteiger partial charge on any atom is 0.185 e. The first-order chi connectivity index (χ1) is 17.3. The Morgan fingerprint density at radius 1 is 1.14 bits per heavy atom. The molecule has 4 aromatic rings. The number of rotatable bonds is 4. The SMILES string of the molecule is CN(C)C[C@@H]1CN(c2ccc3c(c2)Cn2cc(-c4ccc(C#N)cc4)cc2-c2nncn2-3)C[C@@]1(C)O. The normalized spacial score (nSPS) is 20.6. The molecule has 4 heterocycles. The van der Waals surface area contributed by atoms with E-state index in [1.165, 1.54) is 5.56 Å². The van der Waals surface area contributed by atoms with Crippen molar-refractivity contribution in [3.05, 3.63) is 72.2 Å². The molecule has 0 aliphatic carbocycles. The van der Waals surface area contributed by atoms with Crippen LogP contribution in [0.3, 0.4) is 0 Å². The summed E-state index contributed by atoms with van der Waals surface area (Å²) in [6.07, 6.45) is 3.91. The Balaban J connectivity index is 1.37. The Morgan fingerprint density at radius 2 is 1.94 bits per heavy atom. The summed E-state index contributed by atoms with van der Waals surface area (Å²) in [6, 6.07) is 18.5. The van der Waals surface area contributed by atoms with Crippen molar-refractivity contribution in [1.29, 1.82) is 5.26 Å². The molecule has 1 N–H and O–H groups in total. The molecule has 1 fully saturated rings. The molecule has 0 unspecified atom stereocenters. The van der Waals surface area contributed by atoms with Crippen LogP contribution in [0.4, 0.5) is 5.69 Å². The zero-order valence-corrected chi connectivity index (χ0v) is 20.8. The third kappa shape index (κ3) is 3.77. The Hall–Kier alpha value is -3.93. The van der Waals surface area contributed by atoms with Crippen molar-refractivity contribution in [2.45, 2.75) is 19.1 Å². The number of nitriles is 1. The molecule has 2 atom stereocenters. The second kappa shape index (κ2) is 8.33. The number of nitrogens with zero attached hydrogens (tertiary/aromatic N) is 7. The van der Waals surface area contributed by atoms with Gasteiger partial charge in [0.15, 0.2) is 5.82 Å². The van der Waals surface area contributed by atoms with E-state index < -0.39 is 5.60 Å². The fourth-order valence-corrected chi connectivity index (χ4v) is 5.56. The molecule has 2 aromatic carbocycles. The molecule has 2 aliphatic heterocycles. The van der Waals surface area contributed by atoms with Crippen molar-refractivity contribution in [2.24, 2.45) is 5.92 Å². The van der Waals surface area contributed by atoms with Crippen molar-refractivity contribution in [3.8, 4) is 34.4 Å². The largest absolute Gasteiger partial charge is 0.388 e. The number of aliphatic hydroxyl groups is 1. The fourth-order valence-electron chi connectivity index (χ4n) is 5.56. The zero-order chi connectivity index (χ0) is 25.0. The van der Waals surface area contributed by atoms with Crippen molar-refractivity contribution < 1.29 is 5.11 Å². The van der Waals surface area contributed by atoms with E-state index in [1.54, 1.807) is 6.33 Å². The molecule has 0 radical (unpaired) electrons. The van der Waals surface area contributed by atoms with Crippen molar-refractivity contribution in [1.82, 2.24) is 24.2 Å². The molecule has 0 saturated carbocycles. The van der Waals surface area contributed by atoms with Gasteiger partial charge in [-0.25, -0.2) is 0 Å². The van der Waals surface area contributed by atoms with Gasteiger partial charge in [-0.2, -0.15) is 5.26 Å². The topological polar surface area (TPSA) is 86.1 Å². The van der Waals surface area contributed by atoms with Gasteiger partial charge in [-0.15, -0.1) is 10.2 Å². The van der Waals surface area contributed by atoms with Gasteiger partial charge in [-0.3, -0.25) is 4.57 Å². The van der Waals surface area contributed by atoms with Gasteiger partial charge in [0.1, 0.15) is 6.33 Å². The first-order valence-electron chi connectivity index (χ1n) is 12.2. The molecular weight excluding hydrogens is 450 g/mol. The van der Waals surface area contributed by atoms with Crippen LogP contribution in [-0.2, 0) is 6.54 Å². The highest BCUT2D eigenvalue weighted by Gasteiger charge is 2.41. The fraction of sp³-hybridized carbons (Fsp3) is 0.321. The summed E-state index contributed by atoms with van der Waals surface area (Å²) in [7, 11) is 4.11. The molecule has 36 heavy (non-hydrogen) atoms. The van der Waals surface area contributed by atoms with E-state index in [2.05, 4.69) is 79.8 Å². The quantitative estimate of drug-likeness (QED) is 0.425. The Labute approximate surface area is 210 Å². The average molecular weight is 480 g/mol. The highest BCUT2D eigenvalue weighted by molar-refractivity contribution is 5.72. The van der Waals surface area contributed by atoms with Crippen molar-refractivity contribution >= 4 is 5.69 Å². The average Bonchev–Trinajstić information content (AvgIpc) is 3.55. The smallest absolute Gasteiger partial charge is 0.185 e. The molecule has 182 valence electrons. The predicted molar refractivity (Wildman–Crippen MR) is 139 cm³/mol. The van der Waals surface area contributed by atoms with Gasteiger partial charge in [0.2, 0.25) is 0 Å².